The molecule has 0 saturated carbocycles. The van der Waals surface area contributed by atoms with Crippen LogP contribution < -0.4 is 4.74 Å². The Morgan fingerprint density at radius 1 is 1.16 bits per heavy atom. The van der Waals surface area contributed by atoms with Crippen LogP contribution in [0.1, 0.15) is 12.0 Å². The summed E-state index contributed by atoms with van der Waals surface area (Å²) in [6.07, 6.45) is 2.01. The van der Waals surface area contributed by atoms with Crippen molar-refractivity contribution >= 4 is 22.5 Å². The molecule has 4 rings (SSSR count). The number of hydrogen-bond acceptors (Lipinski definition) is 2. The van der Waals surface area contributed by atoms with Gasteiger partial charge in [0.25, 0.3) is 0 Å². The number of nitrogens with zero attached hydrogens (tertiary/aromatic N) is 2. The van der Waals surface area contributed by atoms with E-state index in [1.54, 1.807) is 0 Å². The average Bonchev–Trinajstić information content (AvgIpc) is 2.76. The summed E-state index contributed by atoms with van der Waals surface area (Å²) in [5.74, 6) is 0.976. The molecule has 0 N–H and O–H groups in total. The Labute approximate surface area is 153 Å². The van der Waals surface area contributed by atoms with E-state index < -0.39 is 0 Å². The van der Waals surface area contributed by atoms with E-state index in [-0.39, 0.29) is 0 Å². The largest absolute Gasteiger partial charge is 0.493 e. The molecule has 1 aliphatic heterocycles. The van der Waals surface area contributed by atoms with Crippen molar-refractivity contribution in [2.75, 3.05) is 27.2 Å². The van der Waals surface area contributed by atoms with Crippen molar-refractivity contribution in [1.82, 2.24) is 9.47 Å². The van der Waals surface area contributed by atoms with Crippen molar-refractivity contribution in [3.8, 4) is 17.0 Å². The molecule has 3 aromatic rings. The van der Waals surface area contributed by atoms with Gasteiger partial charge in [0, 0.05) is 34.5 Å². The average molecular weight is 355 g/mol. The van der Waals surface area contributed by atoms with Gasteiger partial charge in [0.15, 0.2) is 0 Å². The highest BCUT2D eigenvalue weighted by atomic mass is 35.5. The highest BCUT2D eigenvalue weighted by Crippen LogP contribution is 2.41. The lowest BCUT2D eigenvalue weighted by Gasteiger charge is -2.15. The number of rotatable bonds is 4. The highest BCUT2D eigenvalue weighted by Gasteiger charge is 2.23. The molecule has 25 heavy (non-hydrogen) atoms. The number of aromatic nitrogens is 1. The lowest BCUT2D eigenvalue weighted by molar-refractivity contribution is 0.327. The maximum absolute atomic E-state index is 6.31. The van der Waals surface area contributed by atoms with E-state index in [0.29, 0.717) is 6.61 Å². The van der Waals surface area contributed by atoms with Gasteiger partial charge < -0.3 is 14.2 Å². The fourth-order valence-corrected chi connectivity index (χ4v) is 3.96. The van der Waals surface area contributed by atoms with Crippen molar-refractivity contribution in [2.45, 2.75) is 19.4 Å². The molecule has 2 heterocycles. The van der Waals surface area contributed by atoms with Gasteiger partial charge in [0.05, 0.1) is 12.3 Å². The molecule has 130 valence electrons. The second kappa shape index (κ2) is 6.74. The van der Waals surface area contributed by atoms with Crippen molar-refractivity contribution in [3.63, 3.8) is 0 Å². The van der Waals surface area contributed by atoms with Crippen molar-refractivity contribution in [3.05, 3.63) is 53.1 Å². The van der Waals surface area contributed by atoms with Crippen LogP contribution in [0.3, 0.4) is 0 Å². The molecule has 0 spiro atoms. The second-order valence-electron chi connectivity index (χ2n) is 6.89. The van der Waals surface area contributed by atoms with E-state index in [9.17, 15) is 0 Å². The minimum atomic E-state index is 0.702. The number of benzene rings is 2. The van der Waals surface area contributed by atoms with Gasteiger partial charge in [-0.2, -0.15) is 0 Å². The Kier molecular flexibility index (Phi) is 4.45. The van der Waals surface area contributed by atoms with Crippen LogP contribution >= 0.6 is 11.6 Å². The summed E-state index contributed by atoms with van der Waals surface area (Å²) in [5.41, 5.74) is 5.11. The van der Waals surface area contributed by atoms with Crippen LogP contribution in [0.25, 0.3) is 22.2 Å². The first-order chi connectivity index (χ1) is 12.1. The first-order valence-electron chi connectivity index (χ1n) is 8.82. The molecule has 2 aromatic carbocycles. The first-order valence-corrected chi connectivity index (χ1v) is 9.20. The zero-order valence-corrected chi connectivity index (χ0v) is 15.5. The third kappa shape index (κ3) is 3.03. The summed E-state index contributed by atoms with van der Waals surface area (Å²) < 4.78 is 8.47. The maximum Gasteiger partial charge on any atom is 0.128 e. The topological polar surface area (TPSA) is 17.4 Å². The van der Waals surface area contributed by atoms with Crippen molar-refractivity contribution in [1.29, 1.82) is 0 Å². The lowest BCUT2D eigenvalue weighted by atomic mass is 10.0. The zero-order valence-electron chi connectivity index (χ0n) is 14.8. The monoisotopic (exact) mass is 354 g/mol. The molecule has 0 amide bonds. The molecule has 3 nitrogen and oxygen atoms in total. The van der Waals surface area contributed by atoms with E-state index >= 15 is 0 Å². The normalized spacial score (nSPS) is 13.4. The van der Waals surface area contributed by atoms with Gasteiger partial charge >= 0.3 is 0 Å². The van der Waals surface area contributed by atoms with Crippen LogP contribution in [0.2, 0.25) is 5.02 Å². The predicted molar refractivity (Wildman–Crippen MR) is 105 cm³/mol. The SMILES string of the molecule is CN(C)CCCn1c2c(c3cc(Cl)ccc31)CCOc1ccccc1-2. The Hall–Kier alpha value is -1.97. The summed E-state index contributed by atoms with van der Waals surface area (Å²) in [7, 11) is 4.24. The van der Waals surface area contributed by atoms with Crippen LogP contribution in [-0.2, 0) is 13.0 Å². The number of ether oxygens (including phenoxy) is 1. The summed E-state index contributed by atoms with van der Waals surface area (Å²) in [6.45, 7) is 2.76. The van der Waals surface area contributed by atoms with Crippen molar-refractivity contribution in [2.24, 2.45) is 0 Å². The van der Waals surface area contributed by atoms with Crippen LogP contribution in [-0.4, -0.2) is 36.7 Å². The first kappa shape index (κ1) is 16.5. The molecule has 1 aliphatic rings. The van der Waals surface area contributed by atoms with Crippen molar-refractivity contribution < 1.29 is 4.74 Å². The van der Waals surface area contributed by atoms with Gasteiger partial charge in [0.2, 0.25) is 0 Å². The minimum absolute atomic E-state index is 0.702. The Balaban J connectivity index is 1.93. The molecule has 0 unspecified atom stereocenters. The minimum Gasteiger partial charge on any atom is -0.493 e. The summed E-state index contributed by atoms with van der Waals surface area (Å²) >= 11 is 6.31. The maximum atomic E-state index is 6.31. The summed E-state index contributed by atoms with van der Waals surface area (Å²) in [6, 6.07) is 14.6. The van der Waals surface area contributed by atoms with Gasteiger partial charge in [-0.15, -0.1) is 0 Å². The van der Waals surface area contributed by atoms with E-state index in [2.05, 4.69) is 53.9 Å². The molecule has 4 heteroatoms. The standard InChI is InChI=1S/C21H23ClN2O/c1-23(2)11-5-12-24-19-9-8-15(22)14-18(19)16-10-13-25-20-7-4-3-6-17(20)21(16)24/h3-4,6-9,14H,5,10-13H2,1-2H3. The van der Waals surface area contributed by atoms with Crippen LogP contribution in [0.15, 0.2) is 42.5 Å². The number of halogens is 1. The van der Waals surface area contributed by atoms with Gasteiger partial charge in [0.1, 0.15) is 5.75 Å². The zero-order chi connectivity index (χ0) is 17.4. The molecule has 0 atom stereocenters. The third-order valence-electron chi connectivity index (χ3n) is 4.87. The Bertz CT molecular complexity index is 914. The van der Waals surface area contributed by atoms with Crippen LogP contribution in [0.4, 0.5) is 0 Å². The number of hydrogen-bond donors (Lipinski definition) is 0. The number of aryl methyl sites for hydroxylation is 1. The fraction of sp³-hybridized carbons (Fsp3) is 0.333. The highest BCUT2D eigenvalue weighted by molar-refractivity contribution is 6.31. The number of para-hydroxylation sites is 1. The van der Waals surface area contributed by atoms with Crippen LogP contribution in [0.5, 0.6) is 5.75 Å². The molecule has 0 fully saturated rings. The predicted octanol–water partition coefficient (Wildman–Crippen LogP) is 4.85. The van der Waals surface area contributed by atoms with Gasteiger partial charge in [-0.25, -0.2) is 0 Å². The molecule has 0 bridgehead atoms. The lowest BCUT2D eigenvalue weighted by Crippen LogP contribution is -2.15. The Morgan fingerprint density at radius 3 is 2.84 bits per heavy atom. The van der Waals surface area contributed by atoms with Gasteiger partial charge in [-0.3, -0.25) is 0 Å². The molecule has 0 radical (unpaired) electrons. The summed E-state index contributed by atoms with van der Waals surface area (Å²) in [5, 5.41) is 2.05. The van der Waals surface area contributed by atoms with E-state index in [0.717, 1.165) is 36.7 Å². The van der Waals surface area contributed by atoms with E-state index in [1.165, 1.54) is 27.7 Å². The second-order valence-corrected chi connectivity index (χ2v) is 7.33. The third-order valence-corrected chi connectivity index (χ3v) is 5.10. The molecule has 1 aromatic heterocycles. The molecule has 0 aliphatic carbocycles. The fourth-order valence-electron chi connectivity index (χ4n) is 3.79. The Morgan fingerprint density at radius 2 is 2.00 bits per heavy atom. The molecular formula is C21H23ClN2O. The van der Waals surface area contributed by atoms with Gasteiger partial charge in [-0.1, -0.05) is 23.7 Å². The van der Waals surface area contributed by atoms with E-state index in [4.69, 9.17) is 16.3 Å². The quantitative estimate of drug-likeness (QED) is 0.666. The van der Waals surface area contributed by atoms with E-state index in [1.807, 2.05) is 12.1 Å². The van der Waals surface area contributed by atoms with Crippen LogP contribution in [0, 0.1) is 0 Å². The summed E-state index contributed by atoms with van der Waals surface area (Å²) in [4.78, 5) is 2.23. The number of fused-ring (bicyclic) bond motifs is 5. The van der Waals surface area contributed by atoms with Gasteiger partial charge in [-0.05, 0) is 63.0 Å². The molecular weight excluding hydrogens is 332 g/mol. The smallest absolute Gasteiger partial charge is 0.128 e. The molecule has 0 saturated heterocycles.